The minimum atomic E-state index is -0.618. The van der Waals surface area contributed by atoms with E-state index in [9.17, 15) is 13.6 Å². The zero-order chi connectivity index (χ0) is 19.6. The van der Waals surface area contributed by atoms with Crippen LogP contribution >= 0.6 is 15.9 Å². The Kier molecular flexibility index (Phi) is 3.89. The maximum atomic E-state index is 14.3. The fourth-order valence-corrected chi connectivity index (χ4v) is 4.60. The molecule has 3 aromatic rings. The van der Waals surface area contributed by atoms with E-state index >= 15 is 0 Å². The van der Waals surface area contributed by atoms with Crippen LogP contribution in [0.5, 0.6) is 0 Å². The van der Waals surface area contributed by atoms with Gasteiger partial charge in [0.05, 0.1) is 12.7 Å². The van der Waals surface area contributed by atoms with Crippen LogP contribution in [-0.2, 0) is 9.47 Å². The molecule has 2 atom stereocenters. The first-order valence-corrected chi connectivity index (χ1v) is 9.43. The van der Waals surface area contributed by atoms with E-state index in [0.717, 1.165) is 28.3 Å². The summed E-state index contributed by atoms with van der Waals surface area (Å²) in [5.74, 6) is -1.63. The van der Waals surface area contributed by atoms with Crippen molar-refractivity contribution in [2.75, 3.05) is 7.11 Å². The molecule has 2 unspecified atom stereocenters. The molecule has 6 heteroatoms. The van der Waals surface area contributed by atoms with Gasteiger partial charge in [0.15, 0.2) is 0 Å². The van der Waals surface area contributed by atoms with Gasteiger partial charge in [0.25, 0.3) is 0 Å². The molecular weight excluding hydrogens is 430 g/mol. The van der Waals surface area contributed by atoms with E-state index in [1.165, 1.54) is 19.2 Å². The zero-order valence-corrected chi connectivity index (χ0v) is 16.2. The van der Waals surface area contributed by atoms with Gasteiger partial charge in [0.2, 0.25) is 0 Å². The van der Waals surface area contributed by atoms with E-state index < -0.39 is 17.6 Å². The Labute approximate surface area is 168 Å². The van der Waals surface area contributed by atoms with Crippen molar-refractivity contribution in [3.63, 3.8) is 0 Å². The molecule has 0 aromatic heterocycles. The molecule has 0 aliphatic carbocycles. The van der Waals surface area contributed by atoms with Crippen LogP contribution in [0, 0.1) is 11.6 Å². The summed E-state index contributed by atoms with van der Waals surface area (Å²) in [5, 5.41) is 0. The van der Waals surface area contributed by atoms with Gasteiger partial charge >= 0.3 is 5.97 Å². The van der Waals surface area contributed by atoms with Crippen LogP contribution in [0.2, 0.25) is 0 Å². The number of carbonyl (C=O) groups is 1. The molecule has 0 N–H and O–H groups in total. The SMILES string of the molecule is COC(=O)c1ccc2c(c1)C1OC2c2cc(-c3ccc(F)cc3F)c(Br)cc21. The molecule has 0 radical (unpaired) electrons. The second kappa shape index (κ2) is 6.22. The maximum absolute atomic E-state index is 14.3. The summed E-state index contributed by atoms with van der Waals surface area (Å²) in [7, 11) is 1.35. The molecule has 5 rings (SSSR count). The summed E-state index contributed by atoms with van der Waals surface area (Å²) in [6.45, 7) is 0. The van der Waals surface area contributed by atoms with Gasteiger partial charge in [-0.25, -0.2) is 13.6 Å². The number of ether oxygens (including phenoxy) is 2. The predicted molar refractivity (Wildman–Crippen MR) is 102 cm³/mol. The molecule has 0 saturated carbocycles. The molecule has 0 fully saturated rings. The van der Waals surface area contributed by atoms with Gasteiger partial charge in [-0.1, -0.05) is 22.0 Å². The standard InChI is InChI=1S/C22H13BrF2O3/c1-27-22(26)10-2-4-13-15(6-10)21-17-9-18(23)14(8-16(17)20(13)28-21)12-5-3-11(24)7-19(12)25/h2-9,20-21H,1H3. The summed E-state index contributed by atoms with van der Waals surface area (Å²) in [4.78, 5) is 11.8. The second-order valence-electron chi connectivity index (χ2n) is 6.82. The Balaban J connectivity index is 1.62. The molecule has 2 heterocycles. The van der Waals surface area contributed by atoms with E-state index in [1.807, 2.05) is 18.2 Å². The molecule has 28 heavy (non-hydrogen) atoms. The van der Waals surface area contributed by atoms with Crippen LogP contribution in [0.4, 0.5) is 8.78 Å². The highest BCUT2D eigenvalue weighted by atomic mass is 79.9. The van der Waals surface area contributed by atoms with Crippen molar-refractivity contribution >= 4 is 21.9 Å². The van der Waals surface area contributed by atoms with Gasteiger partial charge in [-0.2, -0.15) is 0 Å². The first kappa shape index (κ1) is 17.5. The lowest BCUT2D eigenvalue weighted by molar-refractivity contribution is 0.0600. The summed E-state index contributed by atoms with van der Waals surface area (Å²) < 4.78 is 39.2. The molecule has 3 nitrogen and oxygen atoms in total. The summed E-state index contributed by atoms with van der Waals surface area (Å²) in [6.07, 6.45) is -0.569. The minimum absolute atomic E-state index is 0.281. The van der Waals surface area contributed by atoms with Crippen molar-refractivity contribution in [1.29, 1.82) is 0 Å². The van der Waals surface area contributed by atoms with E-state index in [4.69, 9.17) is 9.47 Å². The monoisotopic (exact) mass is 442 g/mol. The third kappa shape index (κ3) is 2.45. The van der Waals surface area contributed by atoms with Crippen molar-refractivity contribution in [1.82, 2.24) is 0 Å². The number of carbonyl (C=O) groups excluding carboxylic acids is 1. The third-order valence-corrected chi connectivity index (χ3v) is 5.96. The van der Waals surface area contributed by atoms with Crippen molar-refractivity contribution in [3.05, 3.63) is 92.5 Å². The fourth-order valence-electron chi connectivity index (χ4n) is 4.02. The maximum Gasteiger partial charge on any atom is 0.337 e. The van der Waals surface area contributed by atoms with Crippen molar-refractivity contribution in [2.24, 2.45) is 0 Å². The van der Waals surface area contributed by atoms with Gasteiger partial charge in [-0.05, 0) is 64.2 Å². The van der Waals surface area contributed by atoms with E-state index in [-0.39, 0.29) is 12.2 Å². The molecule has 3 aromatic carbocycles. The first-order chi connectivity index (χ1) is 13.5. The lowest BCUT2D eigenvalue weighted by Gasteiger charge is -2.19. The van der Waals surface area contributed by atoms with E-state index in [0.29, 0.717) is 21.2 Å². The van der Waals surface area contributed by atoms with Crippen molar-refractivity contribution in [2.45, 2.75) is 12.2 Å². The van der Waals surface area contributed by atoms with Crippen LogP contribution in [0.25, 0.3) is 11.1 Å². The molecule has 140 valence electrons. The molecule has 2 aliphatic rings. The number of rotatable bonds is 2. The second-order valence-corrected chi connectivity index (χ2v) is 7.67. The predicted octanol–water partition coefficient (Wildman–Crippen LogP) is 5.70. The number of hydrogen-bond donors (Lipinski definition) is 0. The number of esters is 1. The Morgan fingerprint density at radius 1 is 0.929 bits per heavy atom. The summed E-state index contributed by atoms with van der Waals surface area (Å²) in [5.41, 5.74) is 5.28. The van der Waals surface area contributed by atoms with Crippen LogP contribution in [0.15, 0.2) is 53.0 Å². The molecule has 2 aliphatic heterocycles. The van der Waals surface area contributed by atoms with Gasteiger partial charge in [-0.3, -0.25) is 0 Å². The summed E-state index contributed by atoms with van der Waals surface area (Å²) in [6, 6.07) is 12.7. The van der Waals surface area contributed by atoms with Crippen LogP contribution in [0.3, 0.4) is 0 Å². The van der Waals surface area contributed by atoms with Gasteiger partial charge in [-0.15, -0.1) is 0 Å². The van der Waals surface area contributed by atoms with Crippen LogP contribution in [-0.4, -0.2) is 13.1 Å². The van der Waals surface area contributed by atoms with E-state index in [1.54, 1.807) is 12.1 Å². The average Bonchev–Trinajstić information content (AvgIpc) is 3.23. The zero-order valence-electron chi connectivity index (χ0n) is 14.6. The van der Waals surface area contributed by atoms with Gasteiger partial charge in [0, 0.05) is 16.1 Å². The Hall–Kier alpha value is -2.57. The van der Waals surface area contributed by atoms with Crippen LogP contribution in [0.1, 0.15) is 44.8 Å². The average molecular weight is 443 g/mol. The molecular formula is C22H13BrF2O3. The summed E-state index contributed by atoms with van der Waals surface area (Å²) >= 11 is 3.51. The van der Waals surface area contributed by atoms with Crippen molar-refractivity contribution in [3.8, 4) is 11.1 Å². The Morgan fingerprint density at radius 3 is 2.39 bits per heavy atom. The Bertz CT molecular complexity index is 1160. The lowest BCUT2D eigenvalue weighted by atomic mass is 9.84. The highest BCUT2D eigenvalue weighted by molar-refractivity contribution is 9.10. The van der Waals surface area contributed by atoms with E-state index in [2.05, 4.69) is 15.9 Å². The van der Waals surface area contributed by atoms with Crippen molar-refractivity contribution < 1.29 is 23.0 Å². The molecule has 0 spiro atoms. The third-order valence-electron chi connectivity index (χ3n) is 5.30. The highest BCUT2D eigenvalue weighted by Crippen LogP contribution is 2.55. The van der Waals surface area contributed by atoms with Crippen LogP contribution < -0.4 is 0 Å². The first-order valence-electron chi connectivity index (χ1n) is 8.64. The number of halogens is 3. The lowest BCUT2D eigenvalue weighted by Crippen LogP contribution is -2.07. The Morgan fingerprint density at radius 2 is 1.64 bits per heavy atom. The number of fused-ring (bicyclic) bond motifs is 8. The van der Waals surface area contributed by atoms with Gasteiger partial charge < -0.3 is 9.47 Å². The molecule has 2 bridgehead atoms. The highest BCUT2D eigenvalue weighted by Gasteiger charge is 2.43. The molecule has 0 saturated heterocycles. The quantitative estimate of drug-likeness (QED) is 0.477. The number of methoxy groups -OCH3 is 1. The minimum Gasteiger partial charge on any atom is -0.465 e. The smallest absolute Gasteiger partial charge is 0.337 e. The normalized spacial score (nSPS) is 18.7. The number of benzene rings is 3. The largest absolute Gasteiger partial charge is 0.465 e. The molecule has 0 amide bonds. The number of hydrogen-bond acceptors (Lipinski definition) is 3. The topological polar surface area (TPSA) is 35.5 Å². The fraction of sp³-hybridized carbons (Fsp3) is 0.136. The van der Waals surface area contributed by atoms with Gasteiger partial charge in [0.1, 0.15) is 23.8 Å².